The molecule has 25 heavy (non-hydrogen) atoms. The topological polar surface area (TPSA) is 90.6 Å². The Balaban J connectivity index is 1.76. The predicted molar refractivity (Wildman–Crippen MR) is 79.0 cm³/mol. The summed E-state index contributed by atoms with van der Waals surface area (Å²) in [6, 6.07) is 4.33. The first-order valence-corrected chi connectivity index (χ1v) is 9.11. The van der Waals surface area contributed by atoms with E-state index in [1.165, 1.54) is 12.1 Å². The second-order valence-electron chi connectivity index (χ2n) is 6.49. The zero-order chi connectivity index (χ0) is 18.1. The fraction of sp³-hybridized carbons (Fsp3) is 0.533. The summed E-state index contributed by atoms with van der Waals surface area (Å²) in [5, 5.41) is 17.9. The lowest BCUT2D eigenvalue weighted by molar-refractivity contribution is -0.137. The predicted octanol–water partition coefficient (Wildman–Crippen LogP) is 1.24. The van der Waals surface area contributed by atoms with Crippen LogP contribution in [-0.2, 0) is 20.9 Å². The summed E-state index contributed by atoms with van der Waals surface area (Å²) in [6.45, 7) is -0.0472. The van der Waals surface area contributed by atoms with Gasteiger partial charge in [0.1, 0.15) is 5.25 Å². The number of anilines is 1. The van der Waals surface area contributed by atoms with Gasteiger partial charge in [0, 0.05) is 18.9 Å². The quantitative estimate of drug-likeness (QED) is 0.799. The highest BCUT2D eigenvalue weighted by Crippen LogP contribution is 2.49. The molecule has 0 saturated carbocycles. The summed E-state index contributed by atoms with van der Waals surface area (Å²) in [5.74, 6) is -0.483. The van der Waals surface area contributed by atoms with Gasteiger partial charge in [-0.05, 0) is 18.2 Å². The molecule has 0 aromatic heterocycles. The first-order valence-electron chi connectivity index (χ1n) is 7.61. The number of fused-ring (bicyclic) bond motifs is 5. The minimum atomic E-state index is -4.77. The largest absolute Gasteiger partial charge is 0.417 e. The SMILES string of the molecule is N#Cc1ccc(N2C[C@H]3[C@H]4O[C@H](C[C@@H]4O)[C@H]3S2(=O)=O)cc1C(F)(F)F. The van der Waals surface area contributed by atoms with Crippen LogP contribution in [0.4, 0.5) is 18.9 Å². The van der Waals surface area contributed by atoms with E-state index in [-0.39, 0.29) is 18.7 Å². The number of nitrogens with zero attached hydrogens (tertiary/aromatic N) is 2. The van der Waals surface area contributed by atoms with Gasteiger partial charge in [0.25, 0.3) is 0 Å². The zero-order valence-electron chi connectivity index (χ0n) is 12.6. The molecule has 3 aliphatic heterocycles. The van der Waals surface area contributed by atoms with E-state index >= 15 is 0 Å². The van der Waals surface area contributed by atoms with Gasteiger partial charge in [0.2, 0.25) is 10.0 Å². The van der Waals surface area contributed by atoms with Gasteiger partial charge in [0.15, 0.2) is 0 Å². The van der Waals surface area contributed by atoms with Crippen LogP contribution in [0.15, 0.2) is 18.2 Å². The standard InChI is InChI=1S/C15H13F3N2O4S/c16-15(17,18)10-3-8(2-1-7(10)5-19)20-6-9-13-11(21)4-12(24-13)14(9)25(20,22)23/h1-3,9,11-14,21H,4,6H2/t9-,11-,12+,13+,14-/m0/s1. The van der Waals surface area contributed by atoms with Crippen molar-refractivity contribution in [3.63, 3.8) is 0 Å². The lowest BCUT2D eigenvalue weighted by Crippen LogP contribution is -2.40. The third-order valence-electron chi connectivity index (χ3n) is 5.14. The molecule has 1 aromatic rings. The summed E-state index contributed by atoms with van der Waals surface area (Å²) in [7, 11) is -3.91. The van der Waals surface area contributed by atoms with E-state index < -0.39 is 56.8 Å². The van der Waals surface area contributed by atoms with Gasteiger partial charge < -0.3 is 9.84 Å². The molecule has 3 heterocycles. The molecule has 2 bridgehead atoms. The second kappa shape index (κ2) is 5.09. The summed E-state index contributed by atoms with van der Waals surface area (Å²) in [4.78, 5) is 0. The van der Waals surface area contributed by atoms with Gasteiger partial charge in [-0.1, -0.05) is 0 Å². The fourth-order valence-electron chi connectivity index (χ4n) is 4.12. The number of hydrogen-bond acceptors (Lipinski definition) is 5. The molecule has 0 aliphatic carbocycles. The van der Waals surface area contributed by atoms with Gasteiger partial charge in [-0.3, -0.25) is 4.31 Å². The Bertz CT molecular complexity index is 880. The van der Waals surface area contributed by atoms with Gasteiger partial charge in [-0.25, -0.2) is 8.42 Å². The van der Waals surface area contributed by atoms with Crippen molar-refractivity contribution in [2.24, 2.45) is 5.92 Å². The summed E-state index contributed by atoms with van der Waals surface area (Å²) in [5.41, 5.74) is -1.86. The number of aliphatic hydroxyl groups excluding tert-OH is 1. The number of alkyl halides is 3. The van der Waals surface area contributed by atoms with E-state index in [0.29, 0.717) is 6.07 Å². The van der Waals surface area contributed by atoms with Crippen molar-refractivity contribution in [1.29, 1.82) is 5.26 Å². The molecule has 0 radical (unpaired) electrons. The number of halogens is 3. The fourth-order valence-corrected chi connectivity index (χ4v) is 6.44. The molecule has 0 amide bonds. The minimum Gasteiger partial charge on any atom is -0.390 e. The maximum absolute atomic E-state index is 13.1. The lowest BCUT2D eigenvalue weighted by atomic mass is 9.87. The molecular weight excluding hydrogens is 361 g/mol. The first kappa shape index (κ1) is 16.6. The van der Waals surface area contributed by atoms with E-state index in [1.807, 2.05) is 0 Å². The van der Waals surface area contributed by atoms with Crippen LogP contribution in [-0.4, -0.2) is 43.6 Å². The molecule has 0 spiro atoms. The maximum atomic E-state index is 13.1. The summed E-state index contributed by atoms with van der Waals surface area (Å²) in [6.07, 6.45) is -6.57. The third kappa shape index (κ3) is 2.26. The van der Waals surface area contributed by atoms with Gasteiger partial charge >= 0.3 is 6.18 Å². The molecule has 4 rings (SSSR count). The molecule has 3 fully saturated rings. The molecule has 5 atom stereocenters. The number of rotatable bonds is 1. The van der Waals surface area contributed by atoms with Crippen LogP contribution in [0.3, 0.4) is 0 Å². The van der Waals surface area contributed by atoms with Crippen LogP contribution in [0.1, 0.15) is 17.5 Å². The van der Waals surface area contributed by atoms with E-state index in [0.717, 1.165) is 10.4 Å². The lowest BCUT2D eigenvalue weighted by Gasteiger charge is -2.22. The normalized spacial score (nSPS) is 35.6. The van der Waals surface area contributed by atoms with Crippen molar-refractivity contribution < 1.29 is 31.4 Å². The number of sulfonamides is 1. The van der Waals surface area contributed by atoms with Crippen LogP contribution >= 0.6 is 0 Å². The van der Waals surface area contributed by atoms with Crippen molar-refractivity contribution in [3.8, 4) is 6.07 Å². The third-order valence-corrected chi connectivity index (χ3v) is 7.46. The van der Waals surface area contributed by atoms with E-state index in [2.05, 4.69) is 0 Å². The average molecular weight is 374 g/mol. The molecule has 1 aromatic carbocycles. The Morgan fingerprint density at radius 3 is 2.72 bits per heavy atom. The van der Waals surface area contributed by atoms with Crippen molar-refractivity contribution >= 4 is 15.7 Å². The number of nitriles is 1. The van der Waals surface area contributed by atoms with Gasteiger partial charge in [-0.2, -0.15) is 18.4 Å². The molecule has 3 aliphatic rings. The number of aliphatic hydroxyl groups is 1. The molecule has 6 nitrogen and oxygen atoms in total. The van der Waals surface area contributed by atoms with E-state index in [4.69, 9.17) is 10.00 Å². The van der Waals surface area contributed by atoms with Crippen LogP contribution in [0.25, 0.3) is 0 Å². The molecule has 0 unspecified atom stereocenters. The highest BCUT2D eigenvalue weighted by atomic mass is 32.2. The monoisotopic (exact) mass is 374 g/mol. The molecular formula is C15H13F3N2O4S. The van der Waals surface area contributed by atoms with E-state index in [1.54, 1.807) is 0 Å². The van der Waals surface area contributed by atoms with Crippen LogP contribution in [0.2, 0.25) is 0 Å². The van der Waals surface area contributed by atoms with E-state index in [9.17, 15) is 26.7 Å². The summed E-state index contributed by atoms with van der Waals surface area (Å²) < 4.78 is 71.5. The van der Waals surface area contributed by atoms with Crippen LogP contribution in [0.5, 0.6) is 0 Å². The number of hydrogen-bond donors (Lipinski definition) is 1. The average Bonchev–Trinajstić information content (AvgIpc) is 3.15. The Hall–Kier alpha value is -1.83. The highest BCUT2D eigenvalue weighted by molar-refractivity contribution is 7.93. The van der Waals surface area contributed by atoms with Crippen molar-refractivity contribution in [3.05, 3.63) is 29.3 Å². The molecule has 3 saturated heterocycles. The summed E-state index contributed by atoms with van der Waals surface area (Å²) >= 11 is 0. The smallest absolute Gasteiger partial charge is 0.390 e. The van der Waals surface area contributed by atoms with Crippen molar-refractivity contribution in [2.75, 3.05) is 10.8 Å². The molecule has 10 heteroatoms. The Kier molecular flexibility index (Phi) is 3.39. The second-order valence-corrected chi connectivity index (χ2v) is 8.50. The Morgan fingerprint density at radius 1 is 1.36 bits per heavy atom. The first-order chi connectivity index (χ1) is 11.6. The van der Waals surface area contributed by atoms with Crippen molar-refractivity contribution in [1.82, 2.24) is 0 Å². The highest BCUT2D eigenvalue weighted by Gasteiger charge is 2.64. The zero-order valence-corrected chi connectivity index (χ0v) is 13.5. The Labute approximate surface area is 141 Å². The Morgan fingerprint density at radius 2 is 2.08 bits per heavy atom. The minimum absolute atomic E-state index is 0.0472. The molecule has 134 valence electrons. The van der Waals surface area contributed by atoms with Crippen LogP contribution in [0, 0.1) is 17.2 Å². The van der Waals surface area contributed by atoms with Crippen LogP contribution < -0.4 is 4.31 Å². The number of ether oxygens (including phenoxy) is 1. The van der Waals surface area contributed by atoms with Gasteiger partial charge in [0.05, 0.1) is 41.2 Å². The van der Waals surface area contributed by atoms with Crippen molar-refractivity contribution in [2.45, 2.75) is 36.2 Å². The van der Waals surface area contributed by atoms with Gasteiger partial charge in [-0.15, -0.1) is 0 Å². The maximum Gasteiger partial charge on any atom is 0.417 e. The number of benzene rings is 1. The molecule has 1 N–H and O–H groups in total.